The van der Waals surface area contributed by atoms with E-state index >= 15 is 0 Å². The molecule has 1 unspecified atom stereocenters. The Bertz CT molecular complexity index is 735. The van der Waals surface area contributed by atoms with Crippen LogP contribution in [0.3, 0.4) is 0 Å². The third kappa shape index (κ3) is 2.68. The summed E-state index contributed by atoms with van der Waals surface area (Å²) in [5, 5.41) is 5.87. The van der Waals surface area contributed by atoms with Crippen molar-refractivity contribution in [3.63, 3.8) is 0 Å². The number of hydrogen-bond acceptors (Lipinski definition) is 3. The number of para-hydroxylation sites is 2. The second-order valence-electron chi connectivity index (χ2n) is 5.25. The highest BCUT2D eigenvalue weighted by atomic mass is 16.2. The van der Waals surface area contributed by atoms with Gasteiger partial charge in [0.05, 0.1) is 17.1 Å². The summed E-state index contributed by atoms with van der Waals surface area (Å²) >= 11 is 0. The number of rotatable bonds is 3. The molecule has 2 aromatic carbocycles. The van der Waals surface area contributed by atoms with Crippen LogP contribution in [-0.2, 0) is 4.79 Å². The molecule has 1 amide bonds. The lowest BCUT2D eigenvalue weighted by Gasteiger charge is -2.14. The van der Waals surface area contributed by atoms with Gasteiger partial charge in [0.2, 0.25) is 0 Å². The Morgan fingerprint density at radius 1 is 1.05 bits per heavy atom. The Morgan fingerprint density at radius 3 is 2.27 bits per heavy atom. The maximum Gasteiger partial charge on any atom is 0.261 e. The highest BCUT2D eigenvalue weighted by molar-refractivity contribution is 6.28. The van der Waals surface area contributed by atoms with E-state index in [1.165, 1.54) is 5.01 Å². The van der Waals surface area contributed by atoms with Crippen molar-refractivity contribution in [1.82, 2.24) is 0 Å². The SMILES string of the molecule is CC(=Nc1ccccc1)C1C(=O)N(c2ccccc2)N=C1C. The molecule has 1 atom stereocenters. The Hall–Kier alpha value is -2.75. The number of hydrogen-bond donors (Lipinski definition) is 0. The van der Waals surface area contributed by atoms with E-state index in [1.807, 2.05) is 74.5 Å². The van der Waals surface area contributed by atoms with E-state index in [9.17, 15) is 4.79 Å². The third-order valence-electron chi connectivity index (χ3n) is 3.61. The molecule has 0 spiro atoms. The Balaban J connectivity index is 1.89. The summed E-state index contributed by atoms with van der Waals surface area (Å²) in [6.45, 7) is 3.75. The molecular weight excluding hydrogens is 274 g/mol. The Morgan fingerprint density at radius 2 is 1.64 bits per heavy atom. The first-order valence-corrected chi connectivity index (χ1v) is 7.21. The Labute approximate surface area is 129 Å². The first kappa shape index (κ1) is 14.2. The number of anilines is 1. The molecule has 0 aromatic heterocycles. The molecule has 1 heterocycles. The molecule has 2 aromatic rings. The zero-order valence-corrected chi connectivity index (χ0v) is 12.6. The van der Waals surface area contributed by atoms with Gasteiger partial charge in [0.15, 0.2) is 0 Å². The van der Waals surface area contributed by atoms with Crippen LogP contribution in [0.1, 0.15) is 13.8 Å². The molecule has 4 nitrogen and oxygen atoms in total. The highest BCUT2D eigenvalue weighted by Gasteiger charge is 2.36. The second kappa shape index (κ2) is 5.93. The van der Waals surface area contributed by atoms with E-state index in [0.29, 0.717) is 0 Å². The van der Waals surface area contributed by atoms with Crippen molar-refractivity contribution in [3.05, 3.63) is 60.7 Å². The average molecular weight is 291 g/mol. The number of amides is 1. The predicted octanol–water partition coefficient (Wildman–Crippen LogP) is 3.82. The number of carbonyl (C=O) groups is 1. The molecule has 0 saturated carbocycles. The van der Waals surface area contributed by atoms with Gasteiger partial charge in [0, 0.05) is 5.71 Å². The molecule has 0 radical (unpaired) electrons. The average Bonchev–Trinajstić information content (AvgIpc) is 2.84. The summed E-state index contributed by atoms with van der Waals surface area (Å²) in [6, 6.07) is 19.1. The molecule has 3 rings (SSSR count). The van der Waals surface area contributed by atoms with E-state index in [1.54, 1.807) is 0 Å². The highest BCUT2D eigenvalue weighted by Crippen LogP contribution is 2.25. The van der Waals surface area contributed by atoms with Crippen LogP contribution >= 0.6 is 0 Å². The van der Waals surface area contributed by atoms with Gasteiger partial charge in [-0.3, -0.25) is 9.79 Å². The molecule has 0 N–H and O–H groups in total. The maximum absolute atomic E-state index is 12.7. The molecule has 0 bridgehead atoms. The van der Waals surface area contributed by atoms with Crippen LogP contribution in [0.2, 0.25) is 0 Å². The van der Waals surface area contributed by atoms with E-state index in [4.69, 9.17) is 0 Å². The van der Waals surface area contributed by atoms with Gasteiger partial charge in [0.1, 0.15) is 5.92 Å². The largest absolute Gasteiger partial charge is 0.271 e. The van der Waals surface area contributed by atoms with Gasteiger partial charge >= 0.3 is 0 Å². The summed E-state index contributed by atoms with van der Waals surface area (Å²) < 4.78 is 0. The van der Waals surface area contributed by atoms with Crippen LogP contribution < -0.4 is 5.01 Å². The van der Waals surface area contributed by atoms with Crippen molar-refractivity contribution in [2.24, 2.45) is 16.0 Å². The van der Waals surface area contributed by atoms with Crippen LogP contribution in [0.15, 0.2) is 70.8 Å². The molecule has 1 aliphatic rings. The zero-order chi connectivity index (χ0) is 15.5. The second-order valence-corrected chi connectivity index (χ2v) is 5.25. The van der Waals surface area contributed by atoms with Crippen molar-refractivity contribution in [2.45, 2.75) is 13.8 Å². The van der Waals surface area contributed by atoms with Crippen LogP contribution in [0.4, 0.5) is 11.4 Å². The molecule has 0 saturated heterocycles. The van der Waals surface area contributed by atoms with Crippen LogP contribution in [-0.4, -0.2) is 17.3 Å². The van der Waals surface area contributed by atoms with Gasteiger partial charge in [-0.2, -0.15) is 10.1 Å². The zero-order valence-electron chi connectivity index (χ0n) is 12.6. The number of benzene rings is 2. The fraction of sp³-hybridized carbons (Fsp3) is 0.167. The fourth-order valence-corrected chi connectivity index (χ4v) is 2.57. The van der Waals surface area contributed by atoms with Crippen molar-refractivity contribution < 1.29 is 4.79 Å². The Kier molecular flexibility index (Phi) is 3.83. The van der Waals surface area contributed by atoms with E-state index in [-0.39, 0.29) is 11.8 Å². The topological polar surface area (TPSA) is 45.0 Å². The molecule has 1 aliphatic heterocycles. The summed E-state index contributed by atoms with van der Waals surface area (Å²) in [5.41, 5.74) is 3.16. The number of nitrogens with zero attached hydrogens (tertiary/aromatic N) is 3. The summed E-state index contributed by atoms with van der Waals surface area (Å²) in [7, 11) is 0. The monoisotopic (exact) mass is 291 g/mol. The predicted molar refractivity (Wildman–Crippen MR) is 89.7 cm³/mol. The van der Waals surface area contributed by atoms with Crippen molar-refractivity contribution in [2.75, 3.05) is 5.01 Å². The number of aliphatic imine (C=N–C) groups is 1. The normalized spacial score (nSPS) is 18.5. The van der Waals surface area contributed by atoms with E-state index in [2.05, 4.69) is 10.1 Å². The first-order valence-electron chi connectivity index (χ1n) is 7.21. The molecule has 110 valence electrons. The fourth-order valence-electron chi connectivity index (χ4n) is 2.57. The standard InChI is InChI=1S/C18H17N3O/c1-13(19-15-9-5-3-6-10-15)17-14(2)20-21(18(17)22)16-11-7-4-8-12-16/h3-12,17H,1-2H3. The molecule has 4 heteroatoms. The van der Waals surface area contributed by atoms with Gasteiger partial charge in [-0.05, 0) is 38.1 Å². The van der Waals surface area contributed by atoms with Crippen molar-refractivity contribution in [3.8, 4) is 0 Å². The minimum Gasteiger partial charge on any atom is -0.271 e. The minimum atomic E-state index is -0.389. The van der Waals surface area contributed by atoms with Gasteiger partial charge in [0.25, 0.3) is 5.91 Å². The van der Waals surface area contributed by atoms with Crippen molar-refractivity contribution in [1.29, 1.82) is 0 Å². The molecule has 22 heavy (non-hydrogen) atoms. The first-order chi connectivity index (χ1) is 10.7. The minimum absolute atomic E-state index is 0.0547. The molecule has 0 aliphatic carbocycles. The lowest BCUT2D eigenvalue weighted by Crippen LogP contribution is -2.31. The van der Waals surface area contributed by atoms with E-state index in [0.717, 1.165) is 22.8 Å². The number of hydrazone groups is 1. The van der Waals surface area contributed by atoms with Crippen molar-refractivity contribution >= 4 is 28.7 Å². The van der Waals surface area contributed by atoms with Gasteiger partial charge in [-0.25, -0.2) is 0 Å². The van der Waals surface area contributed by atoms with Gasteiger partial charge < -0.3 is 0 Å². The van der Waals surface area contributed by atoms with Crippen LogP contribution in [0.25, 0.3) is 0 Å². The summed E-state index contributed by atoms with van der Waals surface area (Å²) in [6.07, 6.45) is 0. The van der Waals surface area contributed by atoms with Crippen LogP contribution in [0.5, 0.6) is 0 Å². The van der Waals surface area contributed by atoms with Gasteiger partial charge in [-0.1, -0.05) is 36.4 Å². The molecule has 0 fully saturated rings. The lowest BCUT2D eigenvalue weighted by atomic mass is 9.99. The van der Waals surface area contributed by atoms with Gasteiger partial charge in [-0.15, -0.1) is 0 Å². The smallest absolute Gasteiger partial charge is 0.261 e. The lowest BCUT2D eigenvalue weighted by molar-refractivity contribution is -0.118. The number of carbonyl (C=O) groups excluding carboxylic acids is 1. The van der Waals surface area contributed by atoms with Crippen LogP contribution in [0, 0.1) is 5.92 Å². The summed E-state index contributed by atoms with van der Waals surface area (Å²) in [5.74, 6) is -0.443. The third-order valence-corrected chi connectivity index (χ3v) is 3.61. The summed E-state index contributed by atoms with van der Waals surface area (Å²) in [4.78, 5) is 17.2. The maximum atomic E-state index is 12.7. The quantitative estimate of drug-likeness (QED) is 0.793. The van der Waals surface area contributed by atoms with E-state index < -0.39 is 0 Å². The molecular formula is C18H17N3O.